The summed E-state index contributed by atoms with van der Waals surface area (Å²) in [5, 5.41) is 9.31. The third-order valence-corrected chi connectivity index (χ3v) is 3.45. The summed E-state index contributed by atoms with van der Waals surface area (Å²) in [6.45, 7) is 5.26. The van der Waals surface area contributed by atoms with E-state index in [9.17, 15) is 0 Å². The monoisotopic (exact) mass is 242 g/mol. The van der Waals surface area contributed by atoms with Gasteiger partial charge in [0.25, 0.3) is 0 Å². The highest BCUT2D eigenvalue weighted by atomic mass is 32.1. The Kier molecular flexibility index (Phi) is 5.65. The second-order valence-electron chi connectivity index (χ2n) is 3.49. The zero-order chi connectivity index (χ0) is 11.1. The second-order valence-corrected chi connectivity index (χ2v) is 4.88. The Hall–Kier alpha value is -0.610. The van der Waals surface area contributed by atoms with Crippen molar-refractivity contribution in [3.63, 3.8) is 0 Å². The lowest BCUT2D eigenvalue weighted by molar-refractivity contribution is 0.691. The molecule has 1 unspecified atom stereocenters. The summed E-state index contributed by atoms with van der Waals surface area (Å²) in [5.41, 5.74) is 0. The summed E-state index contributed by atoms with van der Waals surface area (Å²) >= 11 is 6.95. The van der Waals surface area contributed by atoms with Crippen LogP contribution in [0.5, 0.6) is 0 Å². The summed E-state index contributed by atoms with van der Waals surface area (Å²) in [4.78, 5) is 1.31. The molecule has 1 rings (SSSR count). The van der Waals surface area contributed by atoms with Crippen LogP contribution in [0, 0.1) is 0 Å². The SMILES string of the molecule is CCCCNC(=S)NC(C)c1cccs1. The standard InChI is InChI=1S/C11H18N2S2/c1-3-4-7-12-11(14)13-9(2)10-6-5-8-15-10/h5-6,8-9H,3-4,7H2,1-2H3,(H2,12,13,14). The van der Waals surface area contributed by atoms with Crippen molar-refractivity contribution in [3.05, 3.63) is 22.4 Å². The fourth-order valence-corrected chi connectivity index (χ4v) is 2.25. The highest BCUT2D eigenvalue weighted by molar-refractivity contribution is 7.80. The van der Waals surface area contributed by atoms with Crippen LogP contribution in [0.25, 0.3) is 0 Å². The zero-order valence-electron chi connectivity index (χ0n) is 9.25. The predicted octanol–water partition coefficient (Wildman–Crippen LogP) is 3.07. The predicted molar refractivity (Wildman–Crippen MR) is 71.4 cm³/mol. The molecule has 0 fully saturated rings. The first-order valence-electron chi connectivity index (χ1n) is 5.31. The molecule has 84 valence electrons. The second kappa shape index (κ2) is 6.80. The molecule has 2 nitrogen and oxygen atoms in total. The molecule has 0 saturated carbocycles. The van der Waals surface area contributed by atoms with Crippen molar-refractivity contribution in [2.75, 3.05) is 6.54 Å². The Morgan fingerprint density at radius 3 is 3.00 bits per heavy atom. The summed E-state index contributed by atoms with van der Waals surface area (Å²) in [6.07, 6.45) is 2.35. The van der Waals surface area contributed by atoms with Crippen LogP contribution >= 0.6 is 23.6 Å². The highest BCUT2D eigenvalue weighted by Crippen LogP contribution is 2.17. The summed E-state index contributed by atoms with van der Waals surface area (Å²) in [5.74, 6) is 0. The minimum absolute atomic E-state index is 0.298. The Morgan fingerprint density at radius 1 is 1.60 bits per heavy atom. The number of thiocarbonyl (C=S) groups is 1. The van der Waals surface area contributed by atoms with E-state index in [0.29, 0.717) is 6.04 Å². The smallest absolute Gasteiger partial charge is 0.166 e. The van der Waals surface area contributed by atoms with E-state index in [1.807, 2.05) is 0 Å². The molecule has 1 atom stereocenters. The van der Waals surface area contributed by atoms with Crippen LogP contribution in [0.15, 0.2) is 17.5 Å². The van der Waals surface area contributed by atoms with E-state index in [2.05, 4.69) is 42.0 Å². The normalized spacial score (nSPS) is 12.1. The fourth-order valence-electron chi connectivity index (χ4n) is 1.24. The lowest BCUT2D eigenvalue weighted by atomic mass is 10.3. The molecule has 0 saturated heterocycles. The van der Waals surface area contributed by atoms with Gasteiger partial charge in [-0.2, -0.15) is 0 Å². The van der Waals surface area contributed by atoms with E-state index >= 15 is 0 Å². The van der Waals surface area contributed by atoms with Crippen LogP contribution in [0.4, 0.5) is 0 Å². The number of hydrogen-bond acceptors (Lipinski definition) is 2. The molecule has 15 heavy (non-hydrogen) atoms. The van der Waals surface area contributed by atoms with E-state index in [1.54, 1.807) is 11.3 Å². The number of thiophene rings is 1. The quantitative estimate of drug-likeness (QED) is 0.613. The third kappa shape index (κ3) is 4.62. The lowest BCUT2D eigenvalue weighted by Gasteiger charge is -2.15. The Labute approximate surface area is 101 Å². The molecule has 1 heterocycles. The van der Waals surface area contributed by atoms with E-state index in [0.717, 1.165) is 18.1 Å². The van der Waals surface area contributed by atoms with Crippen LogP contribution in [-0.2, 0) is 0 Å². The van der Waals surface area contributed by atoms with Crippen LogP contribution in [0.1, 0.15) is 37.6 Å². The molecule has 1 aromatic heterocycles. The first-order chi connectivity index (χ1) is 7.24. The van der Waals surface area contributed by atoms with Crippen LogP contribution < -0.4 is 10.6 Å². The molecule has 0 aliphatic rings. The Bertz CT molecular complexity index is 283. The van der Waals surface area contributed by atoms with Gasteiger partial charge in [-0.3, -0.25) is 0 Å². The molecule has 0 aromatic carbocycles. The third-order valence-electron chi connectivity index (χ3n) is 2.13. The molecule has 0 aliphatic heterocycles. The number of rotatable bonds is 5. The van der Waals surface area contributed by atoms with Crippen molar-refractivity contribution < 1.29 is 0 Å². The number of unbranched alkanes of at least 4 members (excludes halogenated alkanes) is 1. The van der Waals surface area contributed by atoms with Gasteiger partial charge in [0.1, 0.15) is 0 Å². The maximum atomic E-state index is 5.20. The van der Waals surface area contributed by atoms with E-state index in [-0.39, 0.29) is 0 Å². The van der Waals surface area contributed by atoms with Gasteiger partial charge in [-0.05, 0) is 37.0 Å². The average molecular weight is 242 g/mol. The number of hydrogen-bond donors (Lipinski definition) is 2. The minimum Gasteiger partial charge on any atom is -0.363 e. The van der Waals surface area contributed by atoms with Crippen molar-refractivity contribution in [2.45, 2.75) is 32.7 Å². The van der Waals surface area contributed by atoms with Gasteiger partial charge in [0.2, 0.25) is 0 Å². The Balaban J connectivity index is 2.26. The molecule has 0 radical (unpaired) electrons. The molecule has 0 amide bonds. The fraction of sp³-hybridized carbons (Fsp3) is 0.545. The van der Waals surface area contributed by atoms with Crippen LogP contribution in [0.3, 0.4) is 0 Å². The van der Waals surface area contributed by atoms with Gasteiger partial charge in [-0.1, -0.05) is 19.4 Å². The molecular formula is C11H18N2S2. The van der Waals surface area contributed by atoms with Gasteiger partial charge in [0, 0.05) is 11.4 Å². The van der Waals surface area contributed by atoms with Crippen molar-refractivity contribution >= 4 is 28.7 Å². The van der Waals surface area contributed by atoms with E-state index < -0.39 is 0 Å². The van der Waals surface area contributed by atoms with Crippen LogP contribution in [-0.4, -0.2) is 11.7 Å². The molecule has 0 bridgehead atoms. The van der Waals surface area contributed by atoms with Gasteiger partial charge in [-0.15, -0.1) is 11.3 Å². The van der Waals surface area contributed by atoms with Gasteiger partial charge in [0.15, 0.2) is 5.11 Å². The lowest BCUT2D eigenvalue weighted by Crippen LogP contribution is -2.36. The molecular weight excluding hydrogens is 224 g/mol. The van der Waals surface area contributed by atoms with Crippen molar-refractivity contribution in [1.82, 2.24) is 10.6 Å². The van der Waals surface area contributed by atoms with E-state index in [4.69, 9.17) is 12.2 Å². The molecule has 0 spiro atoms. The van der Waals surface area contributed by atoms with Gasteiger partial charge >= 0.3 is 0 Å². The topological polar surface area (TPSA) is 24.1 Å². The maximum Gasteiger partial charge on any atom is 0.166 e. The Morgan fingerprint density at radius 2 is 2.40 bits per heavy atom. The van der Waals surface area contributed by atoms with Crippen LogP contribution in [0.2, 0.25) is 0 Å². The average Bonchev–Trinajstić information content (AvgIpc) is 2.70. The van der Waals surface area contributed by atoms with Crippen molar-refractivity contribution in [1.29, 1.82) is 0 Å². The molecule has 2 N–H and O–H groups in total. The molecule has 0 aliphatic carbocycles. The largest absolute Gasteiger partial charge is 0.363 e. The van der Waals surface area contributed by atoms with Crippen molar-refractivity contribution in [2.24, 2.45) is 0 Å². The first kappa shape index (κ1) is 12.5. The first-order valence-corrected chi connectivity index (χ1v) is 6.60. The molecule has 1 aromatic rings. The summed E-state index contributed by atoms with van der Waals surface area (Å²) in [7, 11) is 0. The van der Waals surface area contributed by atoms with Gasteiger partial charge in [-0.25, -0.2) is 0 Å². The van der Waals surface area contributed by atoms with E-state index in [1.165, 1.54) is 11.3 Å². The molecule has 4 heteroatoms. The van der Waals surface area contributed by atoms with Crippen molar-refractivity contribution in [3.8, 4) is 0 Å². The van der Waals surface area contributed by atoms with Gasteiger partial charge in [0.05, 0.1) is 6.04 Å². The zero-order valence-corrected chi connectivity index (χ0v) is 10.9. The highest BCUT2D eigenvalue weighted by Gasteiger charge is 2.06. The summed E-state index contributed by atoms with van der Waals surface area (Å²) < 4.78 is 0. The summed E-state index contributed by atoms with van der Waals surface area (Å²) in [6, 6.07) is 4.48. The minimum atomic E-state index is 0.298. The van der Waals surface area contributed by atoms with Gasteiger partial charge < -0.3 is 10.6 Å². The maximum absolute atomic E-state index is 5.20. The number of nitrogens with one attached hydrogen (secondary N) is 2.